The summed E-state index contributed by atoms with van der Waals surface area (Å²) in [7, 11) is -1.70. The van der Waals surface area contributed by atoms with Gasteiger partial charge < -0.3 is 19.4 Å². The van der Waals surface area contributed by atoms with Gasteiger partial charge in [0.15, 0.2) is 11.5 Å². The number of amides is 1. The summed E-state index contributed by atoms with van der Waals surface area (Å²) in [4.78, 5) is 17.3. The lowest BCUT2D eigenvalue weighted by atomic mass is 10.2. The van der Waals surface area contributed by atoms with Crippen molar-refractivity contribution in [1.82, 2.24) is 13.9 Å². The molecule has 2 heterocycles. The first kappa shape index (κ1) is 23.1. The highest BCUT2D eigenvalue weighted by Crippen LogP contribution is 2.32. The molecule has 1 aromatic heterocycles. The number of benzene rings is 2. The van der Waals surface area contributed by atoms with Crippen molar-refractivity contribution < 1.29 is 22.7 Å². The monoisotopic (exact) mass is 472 g/mol. The number of hydrogen-bond donors (Lipinski definition) is 1. The van der Waals surface area contributed by atoms with Crippen molar-refractivity contribution in [3.8, 4) is 11.5 Å². The molecule has 0 spiro atoms. The number of carbonyl (C=O) groups is 1. The third-order valence-electron chi connectivity index (χ3n) is 5.69. The van der Waals surface area contributed by atoms with Crippen LogP contribution in [0.5, 0.6) is 11.5 Å². The maximum atomic E-state index is 12.8. The average Bonchev–Trinajstić information content (AvgIpc) is 3.13. The lowest BCUT2D eigenvalue weighted by molar-refractivity contribution is -0.116. The number of imidazole rings is 1. The fourth-order valence-corrected chi connectivity index (χ4v) is 5.37. The molecule has 1 aliphatic rings. The number of rotatable bonds is 8. The Balaban J connectivity index is 1.46. The summed E-state index contributed by atoms with van der Waals surface area (Å²) < 4.78 is 40.0. The highest BCUT2D eigenvalue weighted by molar-refractivity contribution is 7.89. The molecule has 1 amide bonds. The van der Waals surface area contributed by atoms with E-state index in [0.29, 0.717) is 61.3 Å². The molecule has 10 heteroatoms. The van der Waals surface area contributed by atoms with Gasteiger partial charge in [-0.25, -0.2) is 13.4 Å². The van der Waals surface area contributed by atoms with Gasteiger partial charge in [0.2, 0.25) is 15.9 Å². The molecule has 0 bridgehead atoms. The predicted molar refractivity (Wildman–Crippen MR) is 125 cm³/mol. The van der Waals surface area contributed by atoms with Gasteiger partial charge in [-0.15, -0.1) is 0 Å². The number of hydrogen-bond acceptors (Lipinski definition) is 6. The second-order valence-electron chi connectivity index (χ2n) is 7.73. The van der Waals surface area contributed by atoms with E-state index in [1.54, 1.807) is 36.4 Å². The Hall–Kier alpha value is -3.11. The summed E-state index contributed by atoms with van der Waals surface area (Å²) in [6.07, 6.45) is 0.649. The Morgan fingerprint density at radius 2 is 1.82 bits per heavy atom. The summed E-state index contributed by atoms with van der Waals surface area (Å²) in [5.41, 5.74) is 2.05. The summed E-state index contributed by atoms with van der Waals surface area (Å²) in [5.74, 6) is 1.84. The molecule has 1 N–H and O–H groups in total. The molecule has 0 saturated carbocycles. The van der Waals surface area contributed by atoms with E-state index in [1.165, 1.54) is 4.31 Å². The molecule has 9 nitrogen and oxygen atoms in total. The van der Waals surface area contributed by atoms with Crippen LogP contribution in [0.15, 0.2) is 41.3 Å². The average molecular weight is 473 g/mol. The Morgan fingerprint density at radius 1 is 1.09 bits per heavy atom. The normalized spacial score (nSPS) is 13.5. The number of carbonyl (C=O) groups excluding carboxylic acids is 1. The first-order valence-electron chi connectivity index (χ1n) is 11.0. The fraction of sp³-hybridized carbons (Fsp3) is 0.391. The Kier molecular flexibility index (Phi) is 6.57. The van der Waals surface area contributed by atoms with E-state index in [-0.39, 0.29) is 17.2 Å². The second kappa shape index (κ2) is 9.40. The first-order valence-corrected chi connectivity index (χ1v) is 12.4. The number of nitrogens with one attached hydrogen (secondary N) is 1. The number of aryl methyl sites for hydroxylation is 2. The van der Waals surface area contributed by atoms with Gasteiger partial charge in [-0.05, 0) is 30.3 Å². The minimum atomic E-state index is -3.56. The molecule has 2 aromatic carbocycles. The van der Waals surface area contributed by atoms with Crippen LogP contribution in [0.1, 0.15) is 26.1 Å². The van der Waals surface area contributed by atoms with Crippen LogP contribution < -0.4 is 14.8 Å². The summed E-state index contributed by atoms with van der Waals surface area (Å²) in [6, 6.07) is 10.3. The van der Waals surface area contributed by atoms with Gasteiger partial charge in [0.25, 0.3) is 0 Å². The van der Waals surface area contributed by atoms with Gasteiger partial charge in [0.05, 0.1) is 15.9 Å². The molecule has 3 aromatic rings. The van der Waals surface area contributed by atoms with E-state index < -0.39 is 10.0 Å². The van der Waals surface area contributed by atoms with E-state index in [2.05, 4.69) is 10.3 Å². The van der Waals surface area contributed by atoms with Crippen molar-refractivity contribution in [2.45, 2.75) is 31.6 Å². The summed E-state index contributed by atoms with van der Waals surface area (Å²) in [5, 5.41) is 2.87. The summed E-state index contributed by atoms with van der Waals surface area (Å²) >= 11 is 0. The van der Waals surface area contributed by atoms with Crippen molar-refractivity contribution in [2.24, 2.45) is 7.05 Å². The topological polar surface area (TPSA) is 103 Å². The molecular formula is C23H28N4O5S. The van der Waals surface area contributed by atoms with E-state index in [9.17, 15) is 13.2 Å². The molecule has 176 valence electrons. The second-order valence-corrected chi connectivity index (χ2v) is 9.67. The standard InChI is InChI=1S/C23H28N4O5S/c1-4-27(5-2)33(29,30)17-7-8-19-18(15-17)25-22(26(19)3)10-11-23(28)24-16-6-9-20-21(14-16)32-13-12-31-20/h6-9,14-15H,4-5,10-13H2,1-3H3,(H,24,28). The quantitative estimate of drug-likeness (QED) is 0.541. The molecule has 0 saturated heterocycles. The van der Waals surface area contributed by atoms with Gasteiger partial charge in [-0.2, -0.15) is 4.31 Å². The van der Waals surface area contributed by atoms with Crippen LogP contribution in [0, 0.1) is 0 Å². The number of fused-ring (bicyclic) bond motifs is 2. The van der Waals surface area contributed by atoms with Crippen LogP contribution in [0.4, 0.5) is 5.69 Å². The van der Waals surface area contributed by atoms with Gasteiger partial charge in [0.1, 0.15) is 19.0 Å². The Labute approximate surface area is 193 Å². The van der Waals surface area contributed by atoms with Gasteiger partial charge in [0, 0.05) is 44.7 Å². The van der Waals surface area contributed by atoms with Crippen molar-refractivity contribution in [3.05, 3.63) is 42.2 Å². The number of sulfonamides is 1. The van der Waals surface area contributed by atoms with Crippen molar-refractivity contribution in [3.63, 3.8) is 0 Å². The van der Waals surface area contributed by atoms with Gasteiger partial charge in [-0.3, -0.25) is 4.79 Å². The van der Waals surface area contributed by atoms with Crippen LogP contribution in [-0.2, 0) is 28.3 Å². The minimum absolute atomic E-state index is 0.150. The number of ether oxygens (including phenoxy) is 2. The Morgan fingerprint density at radius 3 is 2.55 bits per heavy atom. The zero-order valence-electron chi connectivity index (χ0n) is 19.0. The lowest BCUT2D eigenvalue weighted by Gasteiger charge is -2.19. The number of anilines is 1. The third kappa shape index (κ3) is 4.67. The largest absolute Gasteiger partial charge is 0.486 e. The molecule has 0 aliphatic carbocycles. The maximum Gasteiger partial charge on any atom is 0.243 e. The molecule has 1 aliphatic heterocycles. The molecule has 4 rings (SSSR count). The molecule has 0 fully saturated rings. The molecule has 33 heavy (non-hydrogen) atoms. The lowest BCUT2D eigenvalue weighted by Crippen LogP contribution is -2.30. The number of nitrogens with zero attached hydrogens (tertiary/aromatic N) is 3. The van der Waals surface area contributed by atoms with Gasteiger partial charge >= 0.3 is 0 Å². The van der Waals surface area contributed by atoms with E-state index in [1.807, 2.05) is 25.5 Å². The van der Waals surface area contributed by atoms with Crippen molar-refractivity contribution >= 4 is 32.7 Å². The SMILES string of the molecule is CCN(CC)S(=O)(=O)c1ccc2c(c1)nc(CCC(=O)Nc1ccc3c(c1)OCCO3)n2C. The fourth-order valence-electron chi connectivity index (χ4n) is 3.90. The van der Waals surface area contributed by atoms with E-state index in [4.69, 9.17) is 9.47 Å². The van der Waals surface area contributed by atoms with Crippen LogP contribution >= 0.6 is 0 Å². The van der Waals surface area contributed by atoms with Crippen LogP contribution in [0.3, 0.4) is 0 Å². The summed E-state index contributed by atoms with van der Waals surface area (Å²) in [6.45, 7) is 5.43. The Bertz CT molecular complexity index is 1280. The zero-order chi connectivity index (χ0) is 23.6. The van der Waals surface area contributed by atoms with Crippen molar-refractivity contribution in [2.75, 3.05) is 31.6 Å². The van der Waals surface area contributed by atoms with Crippen LogP contribution in [0.25, 0.3) is 11.0 Å². The first-order chi connectivity index (χ1) is 15.8. The van der Waals surface area contributed by atoms with Crippen LogP contribution in [0.2, 0.25) is 0 Å². The zero-order valence-corrected chi connectivity index (χ0v) is 19.8. The highest BCUT2D eigenvalue weighted by Gasteiger charge is 2.23. The van der Waals surface area contributed by atoms with E-state index >= 15 is 0 Å². The third-order valence-corrected chi connectivity index (χ3v) is 7.74. The van der Waals surface area contributed by atoms with Crippen LogP contribution in [-0.4, -0.2) is 54.5 Å². The predicted octanol–water partition coefficient (Wildman–Crippen LogP) is 2.95. The highest BCUT2D eigenvalue weighted by atomic mass is 32.2. The van der Waals surface area contributed by atoms with Crippen molar-refractivity contribution in [1.29, 1.82) is 0 Å². The molecule has 0 unspecified atom stereocenters. The maximum absolute atomic E-state index is 12.8. The smallest absolute Gasteiger partial charge is 0.243 e. The minimum Gasteiger partial charge on any atom is -0.486 e. The molecule has 0 atom stereocenters. The molecular weight excluding hydrogens is 444 g/mol. The number of aromatic nitrogens is 2. The van der Waals surface area contributed by atoms with Gasteiger partial charge in [-0.1, -0.05) is 13.8 Å². The van der Waals surface area contributed by atoms with E-state index in [0.717, 1.165) is 5.52 Å². The molecule has 0 radical (unpaired) electrons.